The van der Waals surface area contributed by atoms with Gasteiger partial charge in [0.1, 0.15) is 0 Å². The van der Waals surface area contributed by atoms with Crippen molar-refractivity contribution >= 4 is 40.5 Å². The maximum Gasteiger partial charge on any atom is 0.337 e. The van der Waals surface area contributed by atoms with E-state index in [1.54, 1.807) is 11.8 Å². The second kappa shape index (κ2) is 8.40. The number of nitrogens with zero attached hydrogens (tertiary/aromatic N) is 2. The van der Waals surface area contributed by atoms with Gasteiger partial charge in [0.05, 0.1) is 31.1 Å². The Morgan fingerprint density at radius 1 is 1.20 bits per heavy atom. The van der Waals surface area contributed by atoms with Crippen molar-refractivity contribution in [2.75, 3.05) is 55.5 Å². The number of hydrogen-bond acceptors (Lipinski definition) is 7. The molecule has 2 aromatic rings. The fraction of sp³-hybridized carbons (Fsp3) is 0.435. The largest absolute Gasteiger partial charge is 0.464 e. The van der Waals surface area contributed by atoms with Crippen molar-refractivity contribution in [2.45, 2.75) is 36.7 Å². The van der Waals surface area contributed by atoms with Gasteiger partial charge < -0.3 is 24.6 Å². The van der Waals surface area contributed by atoms with Crippen molar-refractivity contribution < 1.29 is 14.3 Å². The topological polar surface area (TPSA) is 54.0 Å². The molecular weight excluding hydrogens is 398 g/mol. The standard InChI is InChI=1S/C23H29N3O3S/c1-6-28-23(27)18-13-26(7-8-29-18)17-10-15(3)22-20(12-17)30-19-11-16(25(4)5)9-14(2)21(19)24-22/h9-12,18,24H,6-8,13H2,1-5H3. The second-order valence-corrected chi connectivity index (χ2v) is 9.03. The number of esters is 1. The van der Waals surface area contributed by atoms with Crippen LogP contribution in [-0.4, -0.2) is 52.5 Å². The molecule has 0 bridgehead atoms. The van der Waals surface area contributed by atoms with E-state index in [4.69, 9.17) is 9.47 Å². The molecule has 30 heavy (non-hydrogen) atoms. The molecule has 160 valence electrons. The van der Waals surface area contributed by atoms with E-state index < -0.39 is 6.10 Å². The van der Waals surface area contributed by atoms with Gasteiger partial charge in [-0.25, -0.2) is 4.79 Å². The Labute approximate surface area is 182 Å². The van der Waals surface area contributed by atoms with Gasteiger partial charge >= 0.3 is 5.97 Å². The minimum atomic E-state index is -0.535. The van der Waals surface area contributed by atoms with Crippen LogP contribution >= 0.6 is 11.8 Å². The maximum absolute atomic E-state index is 12.1. The Bertz CT molecular complexity index is 977. The summed E-state index contributed by atoms with van der Waals surface area (Å²) in [5.41, 5.74) is 7.08. The van der Waals surface area contributed by atoms with Crippen LogP contribution in [0, 0.1) is 13.8 Å². The molecule has 0 aliphatic carbocycles. The third-order valence-corrected chi connectivity index (χ3v) is 6.62. The number of carbonyl (C=O) groups excluding carboxylic acids is 1. The highest BCUT2D eigenvalue weighted by atomic mass is 32.2. The zero-order valence-electron chi connectivity index (χ0n) is 18.2. The van der Waals surface area contributed by atoms with Gasteiger partial charge in [0.2, 0.25) is 0 Å². The highest BCUT2D eigenvalue weighted by molar-refractivity contribution is 7.99. The normalized spacial score (nSPS) is 17.6. The van der Waals surface area contributed by atoms with Crippen LogP contribution < -0.4 is 15.1 Å². The quantitative estimate of drug-likeness (QED) is 0.622. The monoisotopic (exact) mass is 427 g/mol. The fourth-order valence-corrected chi connectivity index (χ4v) is 5.12. The molecular formula is C23H29N3O3S. The summed E-state index contributed by atoms with van der Waals surface area (Å²) < 4.78 is 10.8. The third-order valence-electron chi connectivity index (χ3n) is 5.54. The molecule has 0 saturated carbocycles. The van der Waals surface area contributed by atoms with Crippen LogP contribution in [0.5, 0.6) is 0 Å². The highest BCUT2D eigenvalue weighted by Crippen LogP contribution is 2.49. The molecule has 7 heteroatoms. The Kier molecular flexibility index (Phi) is 5.84. The lowest BCUT2D eigenvalue weighted by molar-refractivity contribution is -0.157. The average molecular weight is 428 g/mol. The third kappa shape index (κ3) is 3.96. The van der Waals surface area contributed by atoms with Gasteiger partial charge in [-0.1, -0.05) is 11.8 Å². The maximum atomic E-state index is 12.1. The number of nitrogens with one attached hydrogen (secondary N) is 1. The molecule has 1 unspecified atom stereocenters. The van der Waals surface area contributed by atoms with Crippen molar-refractivity contribution in [1.29, 1.82) is 0 Å². The number of ether oxygens (including phenoxy) is 2. The van der Waals surface area contributed by atoms with E-state index in [9.17, 15) is 4.79 Å². The number of rotatable bonds is 4. The number of hydrogen-bond donors (Lipinski definition) is 1. The van der Waals surface area contributed by atoms with Crippen molar-refractivity contribution in [3.63, 3.8) is 0 Å². The van der Waals surface area contributed by atoms with Gasteiger partial charge in [0.15, 0.2) is 6.10 Å². The molecule has 0 radical (unpaired) electrons. The minimum Gasteiger partial charge on any atom is -0.464 e. The number of morpholine rings is 1. The number of anilines is 4. The number of carbonyl (C=O) groups is 1. The van der Waals surface area contributed by atoms with E-state index in [2.05, 4.69) is 67.3 Å². The zero-order chi connectivity index (χ0) is 21.4. The van der Waals surface area contributed by atoms with Gasteiger partial charge in [-0.2, -0.15) is 0 Å². The summed E-state index contributed by atoms with van der Waals surface area (Å²) in [6.45, 7) is 8.25. The molecule has 6 nitrogen and oxygen atoms in total. The van der Waals surface area contributed by atoms with Crippen molar-refractivity contribution in [2.24, 2.45) is 0 Å². The molecule has 0 spiro atoms. The molecule has 0 aromatic heterocycles. The summed E-state index contributed by atoms with van der Waals surface area (Å²) in [7, 11) is 4.13. The SMILES string of the molecule is CCOC(=O)C1CN(c2cc(C)c3c(c2)Sc2cc(N(C)C)cc(C)c2N3)CCO1. The van der Waals surface area contributed by atoms with Crippen LogP contribution in [0.15, 0.2) is 34.1 Å². The average Bonchev–Trinajstić information content (AvgIpc) is 2.72. The molecule has 1 saturated heterocycles. The van der Waals surface area contributed by atoms with Gasteiger partial charge in [-0.05, 0) is 56.2 Å². The second-order valence-electron chi connectivity index (χ2n) is 7.95. The number of benzene rings is 2. The summed E-state index contributed by atoms with van der Waals surface area (Å²) >= 11 is 1.80. The van der Waals surface area contributed by atoms with Crippen LogP contribution in [0.1, 0.15) is 18.1 Å². The van der Waals surface area contributed by atoms with E-state index in [1.807, 2.05) is 6.92 Å². The predicted octanol–water partition coefficient (Wildman–Crippen LogP) is 4.35. The number of aryl methyl sites for hydroxylation is 2. The predicted molar refractivity (Wildman–Crippen MR) is 123 cm³/mol. The van der Waals surface area contributed by atoms with E-state index in [0.29, 0.717) is 19.8 Å². The van der Waals surface area contributed by atoms with Gasteiger partial charge in [0.25, 0.3) is 0 Å². The lowest BCUT2D eigenvalue weighted by Crippen LogP contribution is -2.46. The summed E-state index contributed by atoms with van der Waals surface area (Å²) in [5, 5.41) is 3.66. The summed E-state index contributed by atoms with van der Waals surface area (Å²) in [6, 6.07) is 8.85. The minimum absolute atomic E-state index is 0.284. The Hall–Kier alpha value is -2.38. The molecule has 1 atom stereocenters. The van der Waals surface area contributed by atoms with Gasteiger partial charge in [0, 0.05) is 41.8 Å². The van der Waals surface area contributed by atoms with E-state index in [1.165, 1.54) is 32.3 Å². The Morgan fingerprint density at radius 3 is 2.60 bits per heavy atom. The van der Waals surface area contributed by atoms with Crippen LogP contribution in [0.3, 0.4) is 0 Å². The fourth-order valence-electron chi connectivity index (χ4n) is 3.90. The molecule has 1 N–H and O–H groups in total. The lowest BCUT2D eigenvalue weighted by atomic mass is 10.1. The highest BCUT2D eigenvalue weighted by Gasteiger charge is 2.29. The molecule has 2 aromatic carbocycles. The van der Waals surface area contributed by atoms with Crippen molar-refractivity contribution in [1.82, 2.24) is 0 Å². The van der Waals surface area contributed by atoms with E-state index in [0.717, 1.165) is 17.9 Å². The smallest absolute Gasteiger partial charge is 0.337 e. The molecule has 2 aliphatic heterocycles. The zero-order valence-corrected chi connectivity index (χ0v) is 19.1. The van der Waals surface area contributed by atoms with Gasteiger partial charge in [-0.3, -0.25) is 0 Å². The summed E-state index contributed by atoms with van der Waals surface area (Å²) in [5.74, 6) is -0.284. The Balaban J connectivity index is 1.62. The summed E-state index contributed by atoms with van der Waals surface area (Å²) in [4.78, 5) is 18.9. The van der Waals surface area contributed by atoms with Crippen molar-refractivity contribution in [3.8, 4) is 0 Å². The first-order valence-corrected chi connectivity index (χ1v) is 11.1. The van der Waals surface area contributed by atoms with Crippen molar-refractivity contribution in [3.05, 3.63) is 35.4 Å². The van der Waals surface area contributed by atoms with Gasteiger partial charge in [-0.15, -0.1) is 0 Å². The molecule has 2 heterocycles. The molecule has 1 fully saturated rings. The van der Waals surface area contributed by atoms with E-state index >= 15 is 0 Å². The lowest BCUT2D eigenvalue weighted by Gasteiger charge is -2.34. The first kappa shape index (κ1) is 20.9. The van der Waals surface area contributed by atoms with Crippen LogP contribution in [0.25, 0.3) is 0 Å². The van der Waals surface area contributed by atoms with Crippen LogP contribution in [0.2, 0.25) is 0 Å². The van der Waals surface area contributed by atoms with E-state index in [-0.39, 0.29) is 5.97 Å². The number of fused-ring (bicyclic) bond motifs is 2. The Morgan fingerprint density at radius 2 is 1.90 bits per heavy atom. The first-order chi connectivity index (χ1) is 14.4. The molecule has 2 aliphatic rings. The molecule has 4 rings (SSSR count). The first-order valence-electron chi connectivity index (χ1n) is 10.3. The molecule has 0 amide bonds. The van der Waals surface area contributed by atoms with Crippen LogP contribution in [-0.2, 0) is 14.3 Å². The summed E-state index contributed by atoms with van der Waals surface area (Å²) in [6.07, 6.45) is -0.535. The van der Waals surface area contributed by atoms with Crippen LogP contribution in [0.4, 0.5) is 22.7 Å².